The molecule has 1 aliphatic heterocycles. The Kier molecular flexibility index (Phi) is 5.61. The van der Waals surface area contributed by atoms with Crippen molar-refractivity contribution in [1.29, 1.82) is 0 Å². The summed E-state index contributed by atoms with van der Waals surface area (Å²) in [5, 5.41) is 0. The highest BCUT2D eigenvalue weighted by Crippen LogP contribution is 2.25. The monoisotopic (exact) mass is 302 g/mol. The first kappa shape index (κ1) is 17.8. The third-order valence-electron chi connectivity index (χ3n) is 3.31. The Morgan fingerprint density at radius 3 is 2.05 bits per heavy atom. The maximum atomic E-state index is 12.1. The molecule has 0 amide bonds. The molecule has 0 saturated carbocycles. The van der Waals surface area contributed by atoms with Crippen molar-refractivity contribution in [3.05, 3.63) is 0 Å². The molecule has 6 heteroatoms. The number of rotatable bonds is 4. The summed E-state index contributed by atoms with van der Waals surface area (Å²) in [4.78, 5) is 23.7. The Morgan fingerprint density at radius 2 is 1.57 bits per heavy atom. The van der Waals surface area contributed by atoms with E-state index in [1.54, 1.807) is 20.8 Å². The summed E-state index contributed by atoms with van der Waals surface area (Å²) in [6.45, 7) is 11.2. The zero-order chi connectivity index (χ0) is 16.3. The molecule has 0 aliphatic carbocycles. The molecule has 0 aromatic heterocycles. The topological polar surface area (TPSA) is 71.1 Å². The van der Waals surface area contributed by atoms with Gasteiger partial charge in [0.05, 0.1) is 18.6 Å². The van der Waals surface area contributed by atoms with E-state index in [1.807, 2.05) is 20.8 Å². The summed E-state index contributed by atoms with van der Waals surface area (Å²) in [6, 6.07) is 0. The van der Waals surface area contributed by atoms with Crippen molar-refractivity contribution in [3.63, 3.8) is 0 Å². The van der Waals surface area contributed by atoms with Crippen molar-refractivity contribution in [2.75, 3.05) is 13.2 Å². The Bertz CT molecular complexity index is 382. The second-order valence-corrected chi connectivity index (χ2v) is 6.84. The van der Waals surface area contributed by atoms with Crippen LogP contribution in [-0.4, -0.2) is 43.1 Å². The zero-order valence-corrected chi connectivity index (χ0v) is 13.7. The summed E-state index contributed by atoms with van der Waals surface area (Å²) < 4.78 is 20.9. The lowest BCUT2D eigenvalue weighted by Gasteiger charge is -2.26. The van der Waals surface area contributed by atoms with Gasteiger partial charge in [0.25, 0.3) is 0 Å². The summed E-state index contributed by atoms with van der Waals surface area (Å²) in [5.41, 5.74) is -1.20. The summed E-state index contributed by atoms with van der Waals surface area (Å²) in [7, 11) is 0. The van der Waals surface area contributed by atoms with Gasteiger partial charge in [-0.05, 0) is 41.0 Å². The molecule has 0 aromatic carbocycles. The lowest BCUT2D eigenvalue weighted by atomic mass is 9.90. The van der Waals surface area contributed by atoms with E-state index < -0.39 is 29.4 Å². The second kappa shape index (κ2) is 6.64. The van der Waals surface area contributed by atoms with Gasteiger partial charge in [-0.15, -0.1) is 0 Å². The lowest BCUT2D eigenvalue weighted by molar-refractivity contribution is -0.164. The average molecular weight is 302 g/mol. The first-order chi connectivity index (χ1) is 9.55. The van der Waals surface area contributed by atoms with Gasteiger partial charge in [-0.3, -0.25) is 4.79 Å². The Morgan fingerprint density at radius 1 is 1.05 bits per heavy atom. The van der Waals surface area contributed by atoms with Crippen LogP contribution in [0.2, 0.25) is 0 Å². The van der Waals surface area contributed by atoms with E-state index in [-0.39, 0.29) is 19.2 Å². The fraction of sp³-hybridized carbons (Fsp3) is 0.867. The van der Waals surface area contributed by atoms with E-state index in [0.717, 1.165) is 0 Å². The molecule has 0 radical (unpaired) electrons. The van der Waals surface area contributed by atoms with Gasteiger partial charge in [-0.25, -0.2) is 4.79 Å². The molecular formula is C15H26O6. The molecule has 21 heavy (non-hydrogen) atoms. The van der Waals surface area contributed by atoms with Crippen LogP contribution < -0.4 is 0 Å². The van der Waals surface area contributed by atoms with E-state index >= 15 is 0 Å². The van der Waals surface area contributed by atoms with Gasteiger partial charge in [-0.1, -0.05) is 6.92 Å². The molecule has 6 nitrogen and oxygen atoms in total. The number of hydrogen-bond acceptors (Lipinski definition) is 6. The van der Waals surface area contributed by atoms with Gasteiger partial charge in [0.2, 0.25) is 0 Å². The highest BCUT2D eigenvalue weighted by Gasteiger charge is 2.38. The van der Waals surface area contributed by atoms with Crippen molar-refractivity contribution >= 4 is 12.1 Å². The van der Waals surface area contributed by atoms with Gasteiger partial charge in [0.15, 0.2) is 12.2 Å². The molecule has 1 aliphatic rings. The first-order valence-electron chi connectivity index (χ1n) is 7.23. The zero-order valence-electron chi connectivity index (χ0n) is 13.7. The third-order valence-corrected chi connectivity index (χ3v) is 3.31. The Hall–Kier alpha value is -1.30. The maximum Gasteiger partial charge on any atom is 0.509 e. The molecule has 1 heterocycles. The van der Waals surface area contributed by atoms with E-state index in [1.165, 1.54) is 0 Å². The summed E-state index contributed by atoms with van der Waals surface area (Å²) >= 11 is 0. The standard InChI is InChI=1S/C15H26O6/c1-7-15(5,6)12(16)19-10-8-18-9-11(10)20-13(17)21-14(2,3)4/h10-11H,7-9H2,1-6H3. The summed E-state index contributed by atoms with van der Waals surface area (Å²) in [5.74, 6) is -0.321. The van der Waals surface area contributed by atoms with Crippen LogP contribution in [0.3, 0.4) is 0 Å². The fourth-order valence-corrected chi connectivity index (χ4v) is 1.57. The molecule has 122 valence electrons. The predicted octanol–water partition coefficient (Wildman–Crippen LogP) is 2.68. The van der Waals surface area contributed by atoms with Crippen LogP contribution in [0.1, 0.15) is 48.0 Å². The van der Waals surface area contributed by atoms with E-state index in [0.29, 0.717) is 6.42 Å². The van der Waals surface area contributed by atoms with Gasteiger partial charge in [-0.2, -0.15) is 0 Å². The third kappa shape index (κ3) is 5.53. The predicted molar refractivity (Wildman–Crippen MR) is 75.9 cm³/mol. The van der Waals surface area contributed by atoms with E-state index in [4.69, 9.17) is 18.9 Å². The minimum atomic E-state index is -0.784. The number of esters is 1. The SMILES string of the molecule is CCC(C)(C)C(=O)OC1COCC1OC(=O)OC(C)(C)C. The number of carbonyl (C=O) groups excluding carboxylic acids is 2. The van der Waals surface area contributed by atoms with Crippen molar-refractivity contribution < 1.29 is 28.5 Å². The molecule has 0 bridgehead atoms. The maximum absolute atomic E-state index is 12.1. The van der Waals surface area contributed by atoms with Crippen LogP contribution in [-0.2, 0) is 23.7 Å². The Balaban J connectivity index is 2.56. The van der Waals surface area contributed by atoms with Crippen LogP contribution in [0, 0.1) is 5.41 Å². The van der Waals surface area contributed by atoms with E-state index in [9.17, 15) is 9.59 Å². The smallest absolute Gasteiger partial charge is 0.455 e. The van der Waals surface area contributed by atoms with Gasteiger partial charge < -0.3 is 18.9 Å². The van der Waals surface area contributed by atoms with Crippen LogP contribution in [0.15, 0.2) is 0 Å². The molecule has 2 unspecified atom stereocenters. The van der Waals surface area contributed by atoms with Gasteiger partial charge in [0.1, 0.15) is 5.60 Å². The van der Waals surface area contributed by atoms with Crippen molar-refractivity contribution in [3.8, 4) is 0 Å². The highest BCUT2D eigenvalue weighted by molar-refractivity contribution is 5.76. The molecule has 1 rings (SSSR count). The molecular weight excluding hydrogens is 276 g/mol. The van der Waals surface area contributed by atoms with Crippen LogP contribution >= 0.6 is 0 Å². The Labute approximate surface area is 126 Å². The second-order valence-electron chi connectivity index (χ2n) is 6.84. The van der Waals surface area contributed by atoms with Crippen molar-refractivity contribution in [2.45, 2.75) is 65.8 Å². The first-order valence-corrected chi connectivity index (χ1v) is 7.23. The largest absolute Gasteiger partial charge is 0.509 e. The molecule has 0 N–H and O–H groups in total. The number of hydrogen-bond donors (Lipinski definition) is 0. The van der Waals surface area contributed by atoms with Crippen LogP contribution in [0.5, 0.6) is 0 Å². The molecule has 0 aromatic rings. The quantitative estimate of drug-likeness (QED) is 0.744. The molecule has 1 saturated heterocycles. The minimum absolute atomic E-state index is 0.198. The van der Waals surface area contributed by atoms with Gasteiger partial charge in [0, 0.05) is 0 Å². The molecule has 0 spiro atoms. The van der Waals surface area contributed by atoms with Crippen molar-refractivity contribution in [1.82, 2.24) is 0 Å². The number of ether oxygens (including phenoxy) is 4. The van der Waals surface area contributed by atoms with Gasteiger partial charge >= 0.3 is 12.1 Å². The fourth-order valence-electron chi connectivity index (χ4n) is 1.57. The van der Waals surface area contributed by atoms with Crippen LogP contribution in [0.25, 0.3) is 0 Å². The molecule has 1 fully saturated rings. The molecule has 2 atom stereocenters. The van der Waals surface area contributed by atoms with Crippen molar-refractivity contribution in [2.24, 2.45) is 5.41 Å². The lowest BCUT2D eigenvalue weighted by Crippen LogP contribution is -2.38. The highest BCUT2D eigenvalue weighted by atomic mass is 16.7. The van der Waals surface area contributed by atoms with Crippen LogP contribution in [0.4, 0.5) is 4.79 Å². The average Bonchev–Trinajstić information content (AvgIpc) is 2.73. The van der Waals surface area contributed by atoms with E-state index in [2.05, 4.69) is 0 Å². The number of carbonyl (C=O) groups is 2. The summed E-state index contributed by atoms with van der Waals surface area (Å²) in [6.07, 6.45) is -1.34. The minimum Gasteiger partial charge on any atom is -0.455 e. The normalized spacial score (nSPS) is 22.8.